The van der Waals surface area contributed by atoms with Gasteiger partial charge in [0.2, 0.25) is 0 Å². The van der Waals surface area contributed by atoms with Gasteiger partial charge in [-0.25, -0.2) is 4.99 Å². The Bertz CT molecular complexity index is 387. The molecule has 0 bridgehead atoms. The number of rotatable bonds is 6. The number of guanidine groups is 1. The zero-order valence-corrected chi connectivity index (χ0v) is 16.1. The first-order valence-corrected chi connectivity index (χ1v) is 7.54. The first-order valence-electron chi connectivity index (χ1n) is 5.93. The summed E-state index contributed by atoms with van der Waals surface area (Å²) in [6, 6.07) is 4.37. The lowest BCUT2D eigenvalue weighted by atomic mass is 10.4. The van der Waals surface area contributed by atoms with Crippen LogP contribution in [0.15, 0.2) is 20.9 Å². The van der Waals surface area contributed by atoms with Gasteiger partial charge in [0.1, 0.15) is 0 Å². The predicted molar refractivity (Wildman–Crippen MR) is 96.7 cm³/mol. The first kappa shape index (κ1) is 19.1. The fourth-order valence-electron chi connectivity index (χ4n) is 1.44. The van der Waals surface area contributed by atoms with Crippen LogP contribution in [-0.2, 0) is 11.3 Å². The second kappa shape index (κ2) is 10.9. The Morgan fingerprint density at radius 1 is 1.53 bits per heavy atom. The molecule has 0 saturated carbocycles. The van der Waals surface area contributed by atoms with Gasteiger partial charge < -0.3 is 15.4 Å². The highest BCUT2D eigenvalue weighted by molar-refractivity contribution is 14.0. The molecule has 1 unspecified atom stereocenters. The lowest BCUT2D eigenvalue weighted by molar-refractivity contribution is 0.179. The number of thiophene rings is 1. The van der Waals surface area contributed by atoms with E-state index < -0.39 is 0 Å². The molecule has 0 fully saturated rings. The molecule has 1 aromatic heterocycles. The van der Waals surface area contributed by atoms with Gasteiger partial charge in [-0.05, 0) is 41.9 Å². The molecule has 0 spiro atoms. The van der Waals surface area contributed by atoms with Crippen LogP contribution in [0.4, 0.5) is 0 Å². The molecule has 0 aliphatic heterocycles. The third-order valence-corrected chi connectivity index (χ3v) is 3.77. The van der Waals surface area contributed by atoms with E-state index in [1.807, 2.05) is 6.07 Å². The fourth-order valence-corrected chi connectivity index (χ4v) is 2.85. The van der Waals surface area contributed by atoms with Crippen molar-refractivity contribution in [1.29, 1.82) is 0 Å². The molecule has 1 atom stereocenters. The highest BCUT2D eigenvalue weighted by Gasteiger charge is 2.04. The van der Waals surface area contributed by atoms with Gasteiger partial charge in [-0.1, -0.05) is 0 Å². The highest BCUT2D eigenvalue weighted by atomic mass is 127. The van der Waals surface area contributed by atoms with Crippen LogP contribution in [0, 0.1) is 0 Å². The summed E-state index contributed by atoms with van der Waals surface area (Å²) in [5.41, 5.74) is 0. The largest absolute Gasteiger partial charge is 0.383 e. The first-order chi connectivity index (χ1) is 8.65. The van der Waals surface area contributed by atoms with E-state index in [-0.39, 0.29) is 30.0 Å². The number of nitrogens with zero attached hydrogens (tertiary/aromatic N) is 1. The smallest absolute Gasteiger partial charge is 0.191 e. The molecule has 0 aliphatic rings. The Hall–Kier alpha value is 0.140. The van der Waals surface area contributed by atoms with Gasteiger partial charge >= 0.3 is 0 Å². The van der Waals surface area contributed by atoms with Gasteiger partial charge in [0.05, 0.1) is 16.9 Å². The number of halogens is 2. The normalized spacial score (nSPS) is 12.7. The van der Waals surface area contributed by atoms with Gasteiger partial charge in [-0.2, -0.15) is 0 Å². The topological polar surface area (TPSA) is 45.7 Å². The Morgan fingerprint density at radius 3 is 2.79 bits per heavy atom. The molecule has 1 heterocycles. The number of hydrogen-bond acceptors (Lipinski definition) is 3. The monoisotopic (exact) mass is 461 g/mol. The fraction of sp³-hybridized carbons (Fsp3) is 0.583. The average Bonchev–Trinajstić information content (AvgIpc) is 2.73. The Labute approximate surface area is 144 Å². The minimum absolute atomic E-state index is 0. The highest BCUT2D eigenvalue weighted by Crippen LogP contribution is 2.22. The minimum Gasteiger partial charge on any atom is -0.383 e. The van der Waals surface area contributed by atoms with Crippen LogP contribution in [0.5, 0.6) is 0 Å². The summed E-state index contributed by atoms with van der Waals surface area (Å²) >= 11 is 5.16. The lowest BCUT2D eigenvalue weighted by Gasteiger charge is -2.16. The van der Waals surface area contributed by atoms with Crippen LogP contribution in [0.3, 0.4) is 0 Å². The van der Waals surface area contributed by atoms with Crippen molar-refractivity contribution >= 4 is 57.2 Å². The second-order valence-electron chi connectivity index (χ2n) is 3.90. The van der Waals surface area contributed by atoms with Crippen LogP contribution < -0.4 is 10.6 Å². The Kier molecular flexibility index (Phi) is 11.0. The molecule has 19 heavy (non-hydrogen) atoms. The summed E-state index contributed by atoms with van der Waals surface area (Å²) in [5, 5.41) is 6.53. The van der Waals surface area contributed by atoms with Crippen LogP contribution in [0.1, 0.15) is 18.7 Å². The van der Waals surface area contributed by atoms with E-state index in [1.165, 1.54) is 4.88 Å². The summed E-state index contributed by atoms with van der Waals surface area (Å²) in [5.74, 6) is 0.826. The van der Waals surface area contributed by atoms with Gasteiger partial charge in [-0.3, -0.25) is 0 Å². The van der Waals surface area contributed by atoms with Gasteiger partial charge in [0.25, 0.3) is 0 Å². The molecule has 1 aromatic rings. The maximum atomic E-state index is 5.10. The molecule has 4 nitrogen and oxygen atoms in total. The van der Waals surface area contributed by atoms with Crippen molar-refractivity contribution in [2.45, 2.75) is 26.4 Å². The van der Waals surface area contributed by atoms with Crippen molar-refractivity contribution in [1.82, 2.24) is 10.6 Å². The van der Waals surface area contributed by atoms with Crippen molar-refractivity contribution in [3.05, 3.63) is 20.8 Å². The van der Waals surface area contributed by atoms with Gasteiger partial charge in [0.15, 0.2) is 5.96 Å². The molecule has 7 heteroatoms. The minimum atomic E-state index is 0. The molecule has 2 N–H and O–H groups in total. The third-order valence-electron chi connectivity index (χ3n) is 2.17. The molecule has 0 aromatic carbocycles. The average molecular weight is 462 g/mol. The van der Waals surface area contributed by atoms with E-state index in [2.05, 4.69) is 51.5 Å². The van der Waals surface area contributed by atoms with Crippen LogP contribution in [-0.4, -0.2) is 32.3 Å². The third kappa shape index (κ3) is 8.11. The van der Waals surface area contributed by atoms with E-state index in [1.54, 1.807) is 18.4 Å². The number of hydrogen-bond donors (Lipinski definition) is 2. The van der Waals surface area contributed by atoms with Crippen molar-refractivity contribution < 1.29 is 4.74 Å². The van der Waals surface area contributed by atoms with Gasteiger partial charge in [0, 0.05) is 24.6 Å². The maximum absolute atomic E-state index is 5.10. The van der Waals surface area contributed by atoms with E-state index >= 15 is 0 Å². The van der Waals surface area contributed by atoms with Crippen molar-refractivity contribution in [3.8, 4) is 0 Å². The Morgan fingerprint density at radius 2 is 2.26 bits per heavy atom. The molecule has 110 valence electrons. The molecule has 0 aliphatic carbocycles. The summed E-state index contributed by atoms with van der Waals surface area (Å²) in [7, 11) is 1.70. The number of nitrogens with one attached hydrogen (secondary N) is 2. The standard InChI is InChI=1S/C12H20BrN3OS.HI/c1-4-14-12(16-9(2)8-17-3)15-7-10-5-6-11(13)18-10;/h5-6,9H,4,7-8H2,1-3H3,(H2,14,15,16);1H. The van der Waals surface area contributed by atoms with Gasteiger partial charge in [-0.15, -0.1) is 35.3 Å². The van der Waals surface area contributed by atoms with Crippen molar-refractivity contribution in [2.75, 3.05) is 20.3 Å². The van der Waals surface area contributed by atoms with Crippen molar-refractivity contribution in [2.24, 2.45) is 4.99 Å². The second-order valence-corrected chi connectivity index (χ2v) is 6.45. The van der Waals surface area contributed by atoms with E-state index in [0.717, 1.165) is 16.3 Å². The zero-order chi connectivity index (χ0) is 13.4. The molecule has 1 rings (SSSR count). The quantitative estimate of drug-likeness (QED) is 0.388. The van der Waals surface area contributed by atoms with Crippen molar-refractivity contribution in [3.63, 3.8) is 0 Å². The number of ether oxygens (including phenoxy) is 1. The molecule has 0 saturated heterocycles. The maximum Gasteiger partial charge on any atom is 0.191 e. The summed E-state index contributed by atoms with van der Waals surface area (Å²) in [4.78, 5) is 5.78. The lowest BCUT2D eigenvalue weighted by Crippen LogP contribution is -2.43. The zero-order valence-electron chi connectivity index (χ0n) is 11.4. The van der Waals surface area contributed by atoms with E-state index in [9.17, 15) is 0 Å². The molecular formula is C12H21BrIN3OS. The molecule has 0 radical (unpaired) electrons. The number of methoxy groups -OCH3 is 1. The molecule has 0 amide bonds. The summed E-state index contributed by atoms with van der Waals surface area (Å²) in [6.07, 6.45) is 0. The van der Waals surface area contributed by atoms with Crippen LogP contribution >= 0.6 is 51.2 Å². The predicted octanol–water partition coefficient (Wildman–Crippen LogP) is 3.22. The summed E-state index contributed by atoms with van der Waals surface area (Å²) < 4.78 is 6.24. The van der Waals surface area contributed by atoms with Crippen LogP contribution in [0.2, 0.25) is 0 Å². The molecular weight excluding hydrogens is 441 g/mol. The van der Waals surface area contributed by atoms with E-state index in [0.29, 0.717) is 13.2 Å². The number of aliphatic imine (C=N–C) groups is 1. The Balaban J connectivity index is 0.00000324. The summed E-state index contributed by atoms with van der Waals surface area (Å²) in [6.45, 7) is 6.32. The van der Waals surface area contributed by atoms with Crippen LogP contribution in [0.25, 0.3) is 0 Å². The van der Waals surface area contributed by atoms with E-state index in [4.69, 9.17) is 4.74 Å². The SMILES string of the molecule is CCNC(=NCc1ccc(Br)s1)NC(C)COC.I.